The summed E-state index contributed by atoms with van der Waals surface area (Å²) in [6.45, 7) is 0.273. The number of nitrogens with two attached hydrogens (primary N) is 2. The molecule has 1 unspecified atom stereocenters. The number of anilines is 1. The van der Waals surface area contributed by atoms with Gasteiger partial charge in [0.2, 0.25) is 17.7 Å². The Kier molecular flexibility index (Phi) is 9.16. The first-order valence-electron chi connectivity index (χ1n) is 12.2. The van der Waals surface area contributed by atoms with Crippen molar-refractivity contribution in [3.63, 3.8) is 0 Å². The minimum absolute atomic E-state index is 0.0450. The lowest BCUT2D eigenvalue weighted by atomic mass is 9.95. The standard InChI is InChI=1S/C26H30N8O6/c1-14(24(38)32-18-8-6-16(7-9-18)23(29)30)21-26(40)33(13-20(36)37)10-11-34(21)19(35)12-31-25(39)17-4-2-15(3-5-17)22(27)28/h2-9,14,21H,10-13H2,1H3,(H3,27,28)(H3,29,30)(H,31,39)(H,32,38)(H,36,37)/t14?,21-/m0/s1. The Morgan fingerprint density at radius 3 is 2.00 bits per heavy atom. The Balaban J connectivity index is 1.75. The molecule has 1 aliphatic rings. The number of hydrogen-bond donors (Lipinski definition) is 7. The molecule has 210 valence electrons. The van der Waals surface area contributed by atoms with Crippen molar-refractivity contribution in [2.45, 2.75) is 13.0 Å². The van der Waals surface area contributed by atoms with E-state index in [0.717, 1.165) is 4.90 Å². The molecule has 1 heterocycles. The molecule has 2 aromatic rings. The summed E-state index contributed by atoms with van der Waals surface area (Å²) in [7, 11) is 0. The van der Waals surface area contributed by atoms with E-state index in [1.54, 1.807) is 0 Å². The fourth-order valence-corrected chi connectivity index (χ4v) is 4.18. The molecule has 0 spiro atoms. The highest BCUT2D eigenvalue weighted by Crippen LogP contribution is 2.21. The molecule has 1 aliphatic heterocycles. The number of carbonyl (C=O) groups excluding carboxylic acids is 4. The number of amides is 4. The molecule has 14 heteroatoms. The summed E-state index contributed by atoms with van der Waals surface area (Å²) in [5, 5.41) is 29.2. The van der Waals surface area contributed by atoms with E-state index in [1.165, 1.54) is 60.4 Å². The number of aliphatic carboxylic acids is 1. The lowest BCUT2D eigenvalue weighted by molar-refractivity contribution is -0.158. The van der Waals surface area contributed by atoms with E-state index in [1.807, 2.05) is 0 Å². The van der Waals surface area contributed by atoms with E-state index in [9.17, 15) is 29.1 Å². The first kappa shape index (κ1) is 29.3. The zero-order chi connectivity index (χ0) is 29.6. The minimum Gasteiger partial charge on any atom is -0.480 e. The first-order chi connectivity index (χ1) is 18.9. The van der Waals surface area contributed by atoms with E-state index in [-0.39, 0.29) is 30.3 Å². The maximum absolute atomic E-state index is 13.3. The second-order valence-electron chi connectivity index (χ2n) is 9.13. The van der Waals surface area contributed by atoms with Gasteiger partial charge < -0.3 is 37.0 Å². The average Bonchev–Trinajstić information content (AvgIpc) is 2.92. The summed E-state index contributed by atoms with van der Waals surface area (Å²) in [6.07, 6.45) is 0. The van der Waals surface area contributed by atoms with Crippen molar-refractivity contribution >= 4 is 47.0 Å². The number of carboxylic acids is 1. The van der Waals surface area contributed by atoms with Gasteiger partial charge in [-0.1, -0.05) is 19.1 Å². The number of hydrogen-bond acceptors (Lipinski definition) is 7. The molecule has 0 radical (unpaired) electrons. The summed E-state index contributed by atoms with van der Waals surface area (Å²) in [6, 6.07) is 10.7. The molecule has 2 aromatic carbocycles. The van der Waals surface area contributed by atoms with Crippen LogP contribution in [0.15, 0.2) is 48.5 Å². The fraction of sp³-hybridized carbons (Fsp3) is 0.269. The van der Waals surface area contributed by atoms with E-state index in [0.29, 0.717) is 16.8 Å². The van der Waals surface area contributed by atoms with Gasteiger partial charge in [0, 0.05) is 35.5 Å². The van der Waals surface area contributed by atoms with Gasteiger partial charge >= 0.3 is 5.97 Å². The van der Waals surface area contributed by atoms with Gasteiger partial charge in [0.05, 0.1) is 12.5 Å². The molecule has 3 rings (SSSR count). The molecular weight excluding hydrogens is 520 g/mol. The van der Waals surface area contributed by atoms with Crippen LogP contribution in [0.1, 0.15) is 28.4 Å². The molecule has 14 nitrogen and oxygen atoms in total. The summed E-state index contributed by atoms with van der Waals surface area (Å²) < 4.78 is 0. The second-order valence-corrected chi connectivity index (χ2v) is 9.13. The molecule has 40 heavy (non-hydrogen) atoms. The average molecular weight is 551 g/mol. The van der Waals surface area contributed by atoms with Crippen LogP contribution in [0.2, 0.25) is 0 Å². The normalized spacial score (nSPS) is 15.6. The van der Waals surface area contributed by atoms with Crippen LogP contribution in [0.25, 0.3) is 0 Å². The van der Waals surface area contributed by atoms with E-state index in [2.05, 4.69) is 10.6 Å². The number of carboxylic acid groups (broad SMARTS) is 1. The van der Waals surface area contributed by atoms with Crippen molar-refractivity contribution < 1.29 is 29.1 Å². The third-order valence-corrected chi connectivity index (χ3v) is 6.37. The van der Waals surface area contributed by atoms with Crippen LogP contribution < -0.4 is 22.1 Å². The lowest BCUT2D eigenvalue weighted by Crippen LogP contribution is -2.63. The van der Waals surface area contributed by atoms with Crippen molar-refractivity contribution in [3.05, 3.63) is 65.2 Å². The Morgan fingerprint density at radius 2 is 1.48 bits per heavy atom. The lowest BCUT2D eigenvalue weighted by Gasteiger charge is -2.42. The smallest absolute Gasteiger partial charge is 0.323 e. The Labute approximate surface area is 229 Å². The fourth-order valence-electron chi connectivity index (χ4n) is 4.18. The minimum atomic E-state index is -1.32. The zero-order valence-corrected chi connectivity index (χ0v) is 21.6. The molecule has 4 amide bonds. The van der Waals surface area contributed by atoms with Crippen molar-refractivity contribution in [2.24, 2.45) is 17.4 Å². The number of rotatable bonds is 10. The van der Waals surface area contributed by atoms with Crippen molar-refractivity contribution in [1.82, 2.24) is 15.1 Å². The van der Waals surface area contributed by atoms with E-state index in [4.69, 9.17) is 22.3 Å². The molecule has 1 fully saturated rings. The number of piperazine rings is 1. The number of nitrogens with one attached hydrogen (secondary N) is 4. The quantitative estimate of drug-likeness (QED) is 0.148. The second kappa shape index (κ2) is 12.5. The monoisotopic (exact) mass is 550 g/mol. The summed E-state index contributed by atoms with van der Waals surface area (Å²) in [5.74, 6) is -5.14. The van der Waals surface area contributed by atoms with Crippen molar-refractivity contribution in [2.75, 3.05) is 31.5 Å². The van der Waals surface area contributed by atoms with Gasteiger partial charge in [0.25, 0.3) is 5.91 Å². The molecule has 1 saturated heterocycles. The Morgan fingerprint density at radius 1 is 0.950 bits per heavy atom. The highest BCUT2D eigenvalue weighted by Gasteiger charge is 2.43. The molecule has 0 aliphatic carbocycles. The van der Waals surface area contributed by atoms with E-state index >= 15 is 0 Å². The largest absolute Gasteiger partial charge is 0.480 e. The topological polar surface area (TPSA) is 236 Å². The third-order valence-electron chi connectivity index (χ3n) is 6.37. The van der Waals surface area contributed by atoms with Gasteiger partial charge in [0.1, 0.15) is 24.3 Å². The van der Waals surface area contributed by atoms with Crippen LogP contribution in [0.3, 0.4) is 0 Å². The highest BCUT2D eigenvalue weighted by atomic mass is 16.4. The summed E-state index contributed by atoms with van der Waals surface area (Å²) in [5.41, 5.74) is 12.3. The molecule has 0 bridgehead atoms. The number of nitrogens with zero attached hydrogens (tertiary/aromatic N) is 2. The highest BCUT2D eigenvalue weighted by molar-refractivity contribution is 6.02. The van der Waals surface area contributed by atoms with Crippen LogP contribution in [0.5, 0.6) is 0 Å². The summed E-state index contributed by atoms with van der Waals surface area (Å²) >= 11 is 0. The molecular formula is C26H30N8O6. The number of amidine groups is 2. The van der Waals surface area contributed by atoms with Gasteiger partial charge in [0.15, 0.2) is 0 Å². The predicted octanol–water partition coefficient (Wildman–Crippen LogP) is -0.617. The van der Waals surface area contributed by atoms with Gasteiger partial charge in [-0.3, -0.25) is 34.8 Å². The maximum atomic E-state index is 13.3. The summed E-state index contributed by atoms with van der Waals surface area (Å²) in [4.78, 5) is 65.6. The maximum Gasteiger partial charge on any atom is 0.323 e. The molecule has 0 saturated carbocycles. The van der Waals surface area contributed by atoms with E-state index < -0.39 is 54.6 Å². The first-order valence-corrected chi connectivity index (χ1v) is 12.2. The Hall–Kier alpha value is -5.27. The van der Waals surface area contributed by atoms with Crippen LogP contribution >= 0.6 is 0 Å². The number of carbonyl (C=O) groups is 5. The predicted molar refractivity (Wildman–Crippen MR) is 145 cm³/mol. The zero-order valence-electron chi connectivity index (χ0n) is 21.6. The Bertz CT molecular complexity index is 1340. The van der Waals surface area contributed by atoms with Crippen LogP contribution in [-0.4, -0.2) is 88.4 Å². The van der Waals surface area contributed by atoms with Crippen molar-refractivity contribution in [3.8, 4) is 0 Å². The molecule has 9 N–H and O–H groups in total. The van der Waals surface area contributed by atoms with Gasteiger partial charge in [-0.15, -0.1) is 0 Å². The molecule has 0 aromatic heterocycles. The van der Waals surface area contributed by atoms with Crippen LogP contribution in [0, 0.1) is 16.7 Å². The third kappa shape index (κ3) is 6.98. The van der Waals surface area contributed by atoms with Gasteiger partial charge in [-0.25, -0.2) is 0 Å². The number of benzene rings is 2. The van der Waals surface area contributed by atoms with Gasteiger partial charge in [-0.05, 0) is 36.4 Å². The molecule has 2 atom stereocenters. The number of nitrogen functional groups attached to an aromatic ring is 2. The SMILES string of the molecule is CC(C(=O)Nc1ccc(C(=N)N)cc1)[C@H]1C(=O)N(CC(=O)O)CCN1C(=O)CNC(=O)c1ccc(C(=N)N)cc1. The van der Waals surface area contributed by atoms with Crippen LogP contribution in [0.4, 0.5) is 5.69 Å². The van der Waals surface area contributed by atoms with Gasteiger partial charge in [-0.2, -0.15) is 0 Å². The van der Waals surface area contributed by atoms with Crippen molar-refractivity contribution in [1.29, 1.82) is 10.8 Å². The van der Waals surface area contributed by atoms with Crippen LogP contribution in [-0.2, 0) is 19.2 Å².